The van der Waals surface area contributed by atoms with E-state index in [0.29, 0.717) is 5.96 Å². The van der Waals surface area contributed by atoms with Crippen LogP contribution in [0.1, 0.15) is 39.5 Å². The van der Waals surface area contributed by atoms with E-state index in [1.54, 1.807) is 0 Å². The van der Waals surface area contributed by atoms with E-state index in [2.05, 4.69) is 29.6 Å². The fourth-order valence-corrected chi connectivity index (χ4v) is 0.885. The van der Waals surface area contributed by atoms with Gasteiger partial charge in [-0.2, -0.15) is 0 Å². The van der Waals surface area contributed by atoms with Crippen molar-refractivity contribution in [2.24, 2.45) is 10.8 Å². The van der Waals surface area contributed by atoms with Crippen LogP contribution >= 0.6 is 0 Å². The van der Waals surface area contributed by atoms with Gasteiger partial charge in [0.05, 0.1) is 0 Å². The highest BCUT2D eigenvalue weighted by atomic mass is 15.3. The highest BCUT2D eigenvalue weighted by Gasteiger charge is 1.92. The summed E-state index contributed by atoms with van der Waals surface area (Å²) in [4.78, 5) is 4.27. The van der Waals surface area contributed by atoms with Gasteiger partial charge in [-0.05, 0) is 12.8 Å². The van der Waals surface area contributed by atoms with Gasteiger partial charge in [0.2, 0.25) is 5.96 Å². The van der Waals surface area contributed by atoms with Crippen LogP contribution in [0.4, 0.5) is 0 Å². The molecule has 0 bridgehead atoms. The van der Waals surface area contributed by atoms with Crippen molar-refractivity contribution in [1.29, 1.82) is 0 Å². The maximum Gasteiger partial charge on any atom is 0.205 e. The normalized spacial score (nSPS) is 11.5. The Hall–Kier alpha value is -0.770. The molecule has 0 fully saturated rings. The Balaban J connectivity index is 3.54. The van der Waals surface area contributed by atoms with Crippen LogP contribution in [0.3, 0.4) is 0 Å². The zero-order valence-corrected chi connectivity index (χ0v) is 8.77. The van der Waals surface area contributed by atoms with Crippen molar-refractivity contribution in [3.8, 4) is 0 Å². The molecular weight excluding hydrogens is 164 g/mol. The summed E-state index contributed by atoms with van der Waals surface area (Å²) < 4.78 is 0. The first-order chi connectivity index (χ1) is 6.35. The minimum absolute atomic E-state index is 0.710. The number of rotatable bonds is 6. The zero-order valence-electron chi connectivity index (χ0n) is 8.77. The number of nitrogens with one attached hydrogen (secondary N) is 2. The molecular formula is C9H22N4. The minimum Gasteiger partial charge on any atom is -0.355 e. The summed E-state index contributed by atoms with van der Waals surface area (Å²) in [5, 5.41) is 3.14. The van der Waals surface area contributed by atoms with E-state index in [9.17, 15) is 0 Å². The van der Waals surface area contributed by atoms with Gasteiger partial charge in [-0.3, -0.25) is 10.4 Å². The van der Waals surface area contributed by atoms with E-state index in [0.717, 1.165) is 32.4 Å². The second kappa shape index (κ2) is 9.32. The van der Waals surface area contributed by atoms with E-state index in [4.69, 9.17) is 5.84 Å². The lowest BCUT2D eigenvalue weighted by molar-refractivity contribution is 0.725. The molecule has 0 aromatic carbocycles. The molecule has 0 rings (SSSR count). The first kappa shape index (κ1) is 12.2. The smallest absolute Gasteiger partial charge is 0.205 e. The van der Waals surface area contributed by atoms with Gasteiger partial charge in [-0.1, -0.05) is 26.7 Å². The molecule has 4 N–H and O–H groups in total. The third kappa shape index (κ3) is 7.59. The fraction of sp³-hybridized carbons (Fsp3) is 0.889. The Morgan fingerprint density at radius 3 is 2.46 bits per heavy atom. The maximum atomic E-state index is 5.29. The van der Waals surface area contributed by atoms with Crippen molar-refractivity contribution in [3.05, 3.63) is 0 Å². The molecule has 0 amide bonds. The molecule has 0 saturated heterocycles. The Bertz CT molecular complexity index is 134. The van der Waals surface area contributed by atoms with Gasteiger partial charge in [0.15, 0.2) is 0 Å². The van der Waals surface area contributed by atoms with E-state index in [-0.39, 0.29) is 0 Å². The molecule has 78 valence electrons. The number of hydrogen-bond donors (Lipinski definition) is 3. The lowest BCUT2D eigenvalue weighted by Crippen LogP contribution is -2.42. The third-order valence-electron chi connectivity index (χ3n) is 1.74. The summed E-state index contributed by atoms with van der Waals surface area (Å²) in [6, 6.07) is 0. The van der Waals surface area contributed by atoms with Crippen LogP contribution in [-0.2, 0) is 0 Å². The van der Waals surface area contributed by atoms with Crippen LogP contribution < -0.4 is 16.6 Å². The fourth-order valence-electron chi connectivity index (χ4n) is 0.885. The Labute approximate surface area is 81.0 Å². The number of guanidine groups is 1. The van der Waals surface area contributed by atoms with E-state index < -0.39 is 0 Å². The van der Waals surface area contributed by atoms with Crippen molar-refractivity contribution in [3.63, 3.8) is 0 Å². The molecule has 0 aliphatic carbocycles. The van der Waals surface area contributed by atoms with Gasteiger partial charge in [0.25, 0.3) is 0 Å². The summed E-state index contributed by atoms with van der Waals surface area (Å²) in [5.74, 6) is 6.00. The molecule has 0 radical (unpaired) electrons. The summed E-state index contributed by atoms with van der Waals surface area (Å²) in [5.41, 5.74) is 2.56. The maximum absolute atomic E-state index is 5.29. The molecule has 0 unspecified atom stereocenters. The first-order valence-corrected chi connectivity index (χ1v) is 5.10. The second-order valence-corrected chi connectivity index (χ2v) is 3.01. The number of hydrazine groups is 1. The summed E-state index contributed by atoms with van der Waals surface area (Å²) >= 11 is 0. The summed E-state index contributed by atoms with van der Waals surface area (Å²) in [6.45, 7) is 6.09. The summed E-state index contributed by atoms with van der Waals surface area (Å²) in [7, 11) is 0. The van der Waals surface area contributed by atoms with Gasteiger partial charge in [0, 0.05) is 13.1 Å². The van der Waals surface area contributed by atoms with Crippen LogP contribution in [0.5, 0.6) is 0 Å². The van der Waals surface area contributed by atoms with E-state index in [1.165, 1.54) is 6.42 Å². The van der Waals surface area contributed by atoms with E-state index in [1.807, 2.05) is 0 Å². The molecule has 0 spiro atoms. The van der Waals surface area contributed by atoms with Crippen LogP contribution in [0.2, 0.25) is 0 Å². The molecule has 13 heavy (non-hydrogen) atoms. The van der Waals surface area contributed by atoms with Gasteiger partial charge in [0.1, 0.15) is 0 Å². The molecule has 0 aliphatic heterocycles. The van der Waals surface area contributed by atoms with Crippen LogP contribution in [-0.4, -0.2) is 19.0 Å². The van der Waals surface area contributed by atoms with Crippen molar-refractivity contribution in [1.82, 2.24) is 10.7 Å². The first-order valence-electron chi connectivity index (χ1n) is 5.10. The summed E-state index contributed by atoms with van der Waals surface area (Å²) in [6.07, 6.45) is 4.60. The predicted molar refractivity (Wildman–Crippen MR) is 57.4 cm³/mol. The molecule has 4 nitrogen and oxygen atoms in total. The molecule has 0 saturated carbocycles. The highest BCUT2D eigenvalue weighted by Crippen LogP contribution is 1.87. The van der Waals surface area contributed by atoms with Gasteiger partial charge >= 0.3 is 0 Å². The van der Waals surface area contributed by atoms with Gasteiger partial charge < -0.3 is 5.32 Å². The highest BCUT2D eigenvalue weighted by molar-refractivity contribution is 5.79. The topological polar surface area (TPSA) is 62.4 Å². The monoisotopic (exact) mass is 186 g/mol. The molecule has 0 heterocycles. The average Bonchev–Trinajstić information content (AvgIpc) is 2.16. The quantitative estimate of drug-likeness (QED) is 0.191. The Morgan fingerprint density at radius 1 is 1.23 bits per heavy atom. The number of unbranched alkanes of at least 4 members (excludes halogenated alkanes) is 2. The van der Waals surface area contributed by atoms with Gasteiger partial charge in [-0.25, -0.2) is 5.84 Å². The third-order valence-corrected chi connectivity index (χ3v) is 1.74. The van der Waals surface area contributed by atoms with Crippen LogP contribution in [0, 0.1) is 0 Å². The Morgan fingerprint density at radius 2 is 1.92 bits per heavy atom. The van der Waals surface area contributed by atoms with Gasteiger partial charge in [-0.15, -0.1) is 0 Å². The number of nitrogens with two attached hydrogens (primary N) is 1. The lowest BCUT2D eigenvalue weighted by atomic mass is 10.3. The molecule has 0 atom stereocenters. The molecule has 0 aliphatic rings. The van der Waals surface area contributed by atoms with Crippen molar-refractivity contribution < 1.29 is 0 Å². The van der Waals surface area contributed by atoms with Crippen molar-refractivity contribution in [2.75, 3.05) is 13.1 Å². The predicted octanol–water partition coefficient (Wildman–Crippen LogP) is 0.995. The standard InChI is InChI=1S/C9H22N4/c1-3-5-7-11-9(13-10)12-8-6-4-2/h3-8,10H2,1-2H3,(H2,11,12,13). The zero-order chi connectivity index (χ0) is 9.94. The number of hydrogen-bond acceptors (Lipinski definition) is 2. The average molecular weight is 186 g/mol. The molecule has 4 heteroatoms. The SMILES string of the molecule is CCCCN=C(NN)NCCCC. The van der Waals surface area contributed by atoms with E-state index >= 15 is 0 Å². The Kier molecular flexibility index (Phi) is 8.77. The second-order valence-electron chi connectivity index (χ2n) is 3.01. The minimum atomic E-state index is 0.710. The van der Waals surface area contributed by atoms with Crippen LogP contribution in [0.15, 0.2) is 4.99 Å². The van der Waals surface area contributed by atoms with Crippen molar-refractivity contribution in [2.45, 2.75) is 39.5 Å². The van der Waals surface area contributed by atoms with Crippen molar-refractivity contribution >= 4 is 5.96 Å². The number of aliphatic imine (C=N–C) groups is 1. The largest absolute Gasteiger partial charge is 0.355 e. The van der Waals surface area contributed by atoms with Crippen LogP contribution in [0.25, 0.3) is 0 Å². The molecule has 0 aromatic heterocycles. The molecule has 0 aromatic rings. The lowest BCUT2D eigenvalue weighted by Gasteiger charge is -2.07. The number of nitrogens with zero attached hydrogens (tertiary/aromatic N) is 1.